The second kappa shape index (κ2) is 6.55. The molecule has 0 spiro atoms. The average Bonchev–Trinajstić information content (AvgIpc) is 3.08. The number of ether oxygens (including phenoxy) is 2. The van der Waals surface area contributed by atoms with Crippen LogP contribution in [0.3, 0.4) is 0 Å². The van der Waals surface area contributed by atoms with Gasteiger partial charge in [0.25, 0.3) is 5.91 Å². The fourth-order valence-corrected chi connectivity index (χ4v) is 3.37. The maximum atomic E-state index is 12.7. The number of rotatable bonds is 1. The van der Waals surface area contributed by atoms with Gasteiger partial charge in [-0.05, 0) is 43.7 Å². The van der Waals surface area contributed by atoms with Crippen molar-refractivity contribution in [2.75, 3.05) is 5.32 Å². The zero-order valence-corrected chi connectivity index (χ0v) is 15.5. The molecule has 6 heteroatoms. The van der Waals surface area contributed by atoms with Crippen LogP contribution in [-0.4, -0.2) is 21.6 Å². The quantitative estimate of drug-likeness (QED) is 0.714. The van der Waals surface area contributed by atoms with Gasteiger partial charge in [-0.1, -0.05) is 18.2 Å². The van der Waals surface area contributed by atoms with Crippen molar-refractivity contribution in [3.63, 3.8) is 0 Å². The Kier molecular flexibility index (Phi) is 4.20. The minimum absolute atomic E-state index is 0.225. The summed E-state index contributed by atoms with van der Waals surface area (Å²) < 4.78 is 14.2. The van der Waals surface area contributed by atoms with E-state index >= 15 is 0 Å². The number of hydrogen-bond donors (Lipinski definition) is 1. The summed E-state index contributed by atoms with van der Waals surface area (Å²) in [7, 11) is 1.91. The Morgan fingerprint density at radius 2 is 1.89 bits per heavy atom. The van der Waals surface area contributed by atoms with Crippen LogP contribution in [0.1, 0.15) is 25.1 Å². The highest BCUT2D eigenvalue weighted by molar-refractivity contribution is 5.94. The monoisotopic (exact) mass is 363 g/mol. The minimum Gasteiger partial charge on any atom is -0.457 e. The number of aryl methyl sites for hydroxylation is 1. The molecule has 2 atom stereocenters. The fourth-order valence-electron chi connectivity index (χ4n) is 3.37. The third-order valence-corrected chi connectivity index (χ3v) is 4.81. The van der Waals surface area contributed by atoms with Crippen LogP contribution in [0.25, 0.3) is 0 Å². The predicted octanol–water partition coefficient (Wildman–Crippen LogP) is 3.83. The van der Waals surface area contributed by atoms with E-state index in [0.29, 0.717) is 17.2 Å². The highest BCUT2D eigenvalue weighted by Crippen LogP contribution is 2.37. The maximum Gasteiger partial charge on any atom is 0.253 e. The standard InChI is InChI=1S/C21H21N3O3/c1-14-20(25)23-16-7-5-9-18(11-16)26-17-8-4-6-15(10-17)21(2,27-14)19-12-22-13-24(19)3/h4-14H,1-3H3,(H,23,25). The predicted molar refractivity (Wildman–Crippen MR) is 102 cm³/mol. The number of aromatic nitrogens is 2. The second-order valence-corrected chi connectivity index (χ2v) is 6.83. The molecule has 1 aliphatic rings. The lowest BCUT2D eigenvalue weighted by atomic mass is 9.91. The van der Waals surface area contributed by atoms with Gasteiger partial charge in [0, 0.05) is 18.8 Å². The van der Waals surface area contributed by atoms with Gasteiger partial charge in [0.1, 0.15) is 23.2 Å². The Morgan fingerprint density at radius 1 is 1.15 bits per heavy atom. The summed E-state index contributed by atoms with van der Waals surface area (Å²) in [6.07, 6.45) is 2.79. The molecular weight excluding hydrogens is 342 g/mol. The summed E-state index contributed by atoms with van der Waals surface area (Å²) in [6, 6.07) is 15.0. The number of carbonyl (C=O) groups excluding carboxylic acids is 1. The Hall–Kier alpha value is -3.12. The molecule has 138 valence electrons. The van der Waals surface area contributed by atoms with Gasteiger partial charge in [0.15, 0.2) is 0 Å². The van der Waals surface area contributed by atoms with E-state index < -0.39 is 11.7 Å². The Bertz CT molecular complexity index is 998. The molecule has 0 radical (unpaired) electrons. The van der Waals surface area contributed by atoms with Crippen LogP contribution in [0, 0.1) is 0 Å². The number of amides is 1. The van der Waals surface area contributed by atoms with Crippen LogP contribution in [0.15, 0.2) is 61.1 Å². The molecule has 0 aliphatic carbocycles. The third-order valence-electron chi connectivity index (χ3n) is 4.81. The lowest BCUT2D eigenvalue weighted by molar-refractivity contribution is -0.135. The van der Waals surface area contributed by atoms with Crippen molar-refractivity contribution in [2.24, 2.45) is 7.05 Å². The zero-order valence-electron chi connectivity index (χ0n) is 15.5. The Labute approximate surface area is 157 Å². The number of nitrogens with zero attached hydrogens (tertiary/aromatic N) is 2. The highest BCUT2D eigenvalue weighted by Gasteiger charge is 2.37. The van der Waals surface area contributed by atoms with E-state index in [2.05, 4.69) is 10.3 Å². The van der Waals surface area contributed by atoms with E-state index in [1.54, 1.807) is 25.5 Å². The summed E-state index contributed by atoms with van der Waals surface area (Å²) in [5, 5.41) is 2.89. The highest BCUT2D eigenvalue weighted by atomic mass is 16.5. The molecule has 1 aliphatic heterocycles. The molecule has 1 amide bonds. The van der Waals surface area contributed by atoms with Crippen LogP contribution in [0.4, 0.5) is 5.69 Å². The first kappa shape index (κ1) is 17.3. The summed E-state index contributed by atoms with van der Waals surface area (Å²) in [5.41, 5.74) is 1.50. The SMILES string of the molecule is CC1OC(C)(c2cncn2C)c2cccc(c2)Oc2cccc(c2)NC1=O. The van der Waals surface area contributed by atoms with E-state index in [1.165, 1.54) is 0 Å². The first-order chi connectivity index (χ1) is 13.0. The topological polar surface area (TPSA) is 65.4 Å². The molecule has 1 N–H and O–H groups in total. The average molecular weight is 363 g/mol. The van der Waals surface area contributed by atoms with Crippen molar-refractivity contribution >= 4 is 11.6 Å². The summed E-state index contributed by atoms with van der Waals surface area (Å²) in [5.74, 6) is 1.12. The molecule has 3 aromatic rings. The molecule has 0 fully saturated rings. The van der Waals surface area contributed by atoms with Crippen molar-refractivity contribution in [3.05, 3.63) is 72.3 Å². The van der Waals surface area contributed by atoms with E-state index in [0.717, 1.165) is 11.3 Å². The van der Waals surface area contributed by atoms with Crippen molar-refractivity contribution in [2.45, 2.75) is 25.6 Å². The minimum atomic E-state index is -0.881. The molecule has 4 bridgehead atoms. The number of carbonyl (C=O) groups is 1. The van der Waals surface area contributed by atoms with Crippen molar-refractivity contribution in [1.29, 1.82) is 0 Å². The number of fused-ring (bicyclic) bond motifs is 4. The van der Waals surface area contributed by atoms with Crippen molar-refractivity contribution < 1.29 is 14.3 Å². The maximum absolute atomic E-state index is 12.7. The van der Waals surface area contributed by atoms with Gasteiger partial charge in [-0.15, -0.1) is 0 Å². The van der Waals surface area contributed by atoms with Crippen LogP contribution in [0.2, 0.25) is 0 Å². The molecule has 0 saturated heterocycles. The summed E-state index contributed by atoms with van der Waals surface area (Å²) in [6.45, 7) is 3.69. The first-order valence-electron chi connectivity index (χ1n) is 8.80. The first-order valence-corrected chi connectivity index (χ1v) is 8.80. The molecule has 2 unspecified atom stereocenters. The smallest absolute Gasteiger partial charge is 0.253 e. The van der Waals surface area contributed by atoms with Crippen molar-refractivity contribution in [3.8, 4) is 11.5 Å². The van der Waals surface area contributed by atoms with Crippen LogP contribution >= 0.6 is 0 Å². The van der Waals surface area contributed by atoms with Gasteiger partial charge >= 0.3 is 0 Å². The molecule has 4 rings (SSSR count). The van der Waals surface area contributed by atoms with E-state index in [9.17, 15) is 4.79 Å². The molecular formula is C21H21N3O3. The van der Waals surface area contributed by atoms with E-state index in [1.807, 2.05) is 61.0 Å². The summed E-state index contributed by atoms with van der Waals surface area (Å²) in [4.78, 5) is 16.9. The normalized spacial score (nSPS) is 22.2. The lowest BCUT2D eigenvalue weighted by Crippen LogP contribution is -2.38. The zero-order chi connectivity index (χ0) is 19.0. The van der Waals surface area contributed by atoms with Gasteiger partial charge in [0.05, 0.1) is 18.2 Å². The van der Waals surface area contributed by atoms with Crippen LogP contribution in [0.5, 0.6) is 11.5 Å². The van der Waals surface area contributed by atoms with Gasteiger partial charge in [-0.25, -0.2) is 4.98 Å². The van der Waals surface area contributed by atoms with Crippen molar-refractivity contribution in [1.82, 2.24) is 9.55 Å². The number of benzene rings is 2. The van der Waals surface area contributed by atoms with Gasteiger partial charge < -0.3 is 19.4 Å². The number of imidazole rings is 1. The Morgan fingerprint density at radius 3 is 2.63 bits per heavy atom. The number of nitrogens with one attached hydrogen (secondary N) is 1. The summed E-state index contributed by atoms with van der Waals surface area (Å²) >= 11 is 0. The van der Waals surface area contributed by atoms with E-state index in [4.69, 9.17) is 9.47 Å². The number of hydrogen-bond acceptors (Lipinski definition) is 4. The van der Waals surface area contributed by atoms with E-state index in [-0.39, 0.29) is 5.91 Å². The molecule has 6 nitrogen and oxygen atoms in total. The van der Waals surface area contributed by atoms with Crippen LogP contribution < -0.4 is 10.1 Å². The molecule has 2 heterocycles. The Balaban J connectivity index is 1.88. The molecule has 2 aromatic carbocycles. The second-order valence-electron chi connectivity index (χ2n) is 6.83. The molecule has 0 saturated carbocycles. The number of anilines is 1. The van der Waals surface area contributed by atoms with Gasteiger partial charge in [0.2, 0.25) is 0 Å². The van der Waals surface area contributed by atoms with Gasteiger partial charge in [-0.2, -0.15) is 0 Å². The molecule has 1 aromatic heterocycles. The molecule has 27 heavy (non-hydrogen) atoms. The third kappa shape index (κ3) is 3.19. The lowest BCUT2D eigenvalue weighted by Gasteiger charge is -2.33. The van der Waals surface area contributed by atoms with Crippen LogP contribution in [-0.2, 0) is 22.2 Å². The van der Waals surface area contributed by atoms with Gasteiger partial charge in [-0.3, -0.25) is 4.79 Å². The largest absolute Gasteiger partial charge is 0.457 e. The fraction of sp³-hybridized carbons (Fsp3) is 0.238.